The van der Waals surface area contributed by atoms with Gasteiger partial charge in [-0.1, -0.05) is 11.6 Å². The zero-order valence-electron chi connectivity index (χ0n) is 15.2. The van der Waals surface area contributed by atoms with E-state index in [4.69, 9.17) is 16.3 Å². The maximum atomic E-state index is 11.9. The molecule has 2 fully saturated rings. The molecular formula is C20H26ClN3O2. The highest BCUT2D eigenvalue weighted by molar-refractivity contribution is 6.32. The number of benzene rings is 1. The normalized spacial score (nSPS) is 25.5. The first-order valence-electron chi connectivity index (χ1n) is 9.50. The number of rotatable bonds is 3. The van der Waals surface area contributed by atoms with Gasteiger partial charge < -0.3 is 14.6 Å². The Morgan fingerprint density at radius 1 is 1.12 bits per heavy atom. The van der Waals surface area contributed by atoms with Crippen molar-refractivity contribution in [2.45, 2.75) is 37.8 Å². The van der Waals surface area contributed by atoms with E-state index in [1.165, 1.54) is 39.0 Å². The average Bonchev–Trinajstić information content (AvgIpc) is 2.65. The van der Waals surface area contributed by atoms with Crippen LogP contribution < -0.4 is 10.3 Å². The Kier molecular flexibility index (Phi) is 5.20. The van der Waals surface area contributed by atoms with E-state index in [-0.39, 0.29) is 11.7 Å². The second-order valence-corrected chi connectivity index (χ2v) is 7.97. The van der Waals surface area contributed by atoms with E-state index in [1.54, 1.807) is 12.3 Å². The van der Waals surface area contributed by atoms with Crippen LogP contribution in [0.5, 0.6) is 5.75 Å². The van der Waals surface area contributed by atoms with Gasteiger partial charge in [-0.25, -0.2) is 0 Å². The van der Waals surface area contributed by atoms with E-state index < -0.39 is 0 Å². The van der Waals surface area contributed by atoms with Crippen LogP contribution in [0.1, 0.15) is 25.7 Å². The summed E-state index contributed by atoms with van der Waals surface area (Å²) in [4.78, 5) is 19.6. The zero-order chi connectivity index (χ0) is 18.1. The summed E-state index contributed by atoms with van der Waals surface area (Å²) in [6.45, 7) is 4.69. The fourth-order valence-corrected chi connectivity index (χ4v) is 4.38. The summed E-state index contributed by atoms with van der Waals surface area (Å²) in [7, 11) is 2.20. The lowest BCUT2D eigenvalue weighted by atomic mass is 9.91. The van der Waals surface area contributed by atoms with Crippen LogP contribution in [0.2, 0.25) is 5.02 Å². The van der Waals surface area contributed by atoms with Crippen LogP contribution >= 0.6 is 11.6 Å². The Hall–Kier alpha value is -1.56. The Morgan fingerprint density at radius 2 is 1.85 bits per heavy atom. The van der Waals surface area contributed by atoms with Gasteiger partial charge >= 0.3 is 0 Å². The summed E-state index contributed by atoms with van der Waals surface area (Å²) in [6, 6.07) is 6.17. The zero-order valence-corrected chi connectivity index (χ0v) is 16.0. The molecule has 1 aromatic heterocycles. The number of hydrogen-bond acceptors (Lipinski definition) is 4. The van der Waals surface area contributed by atoms with Gasteiger partial charge in [-0.05, 0) is 56.3 Å². The number of aromatic nitrogens is 1. The van der Waals surface area contributed by atoms with Crippen molar-refractivity contribution in [1.29, 1.82) is 0 Å². The first kappa shape index (κ1) is 17.8. The molecule has 1 saturated carbocycles. The SMILES string of the molecule is CN1CCN([C@H]2CC[C@@H](Oc3cc4cc[nH]c(=O)c4cc3Cl)CC2)CC1. The van der Waals surface area contributed by atoms with Gasteiger partial charge in [0.05, 0.1) is 11.1 Å². The van der Waals surface area contributed by atoms with Gasteiger partial charge in [-0.15, -0.1) is 0 Å². The molecule has 2 heterocycles. The predicted octanol–water partition coefficient (Wildman–Crippen LogP) is 3.12. The number of likely N-dealkylation sites (N-methyl/N-ethyl adjacent to an activating group) is 1. The number of piperazine rings is 1. The molecule has 5 nitrogen and oxygen atoms in total. The monoisotopic (exact) mass is 375 g/mol. The van der Waals surface area contributed by atoms with Crippen LogP contribution in [0.3, 0.4) is 0 Å². The lowest BCUT2D eigenvalue weighted by molar-refractivity contribution is 0.0586. The van der Waals surface area contributed by atoms with Crippen LogP contribution in [0.4, 0.5) is 0 Å². The number of aromatic amines is 1. The van der Waals surface area contributed by atoms with Crippen molar-refractivity contribution in [3.05, 3.63) is 39.8 Å². The maximum Gasteiger partial charge on any atom is 0.255 e. The lowest BCUT2D eigenvalue weighted by Crippen LogP contribution is -2.50. The minimum atomic E-state index is -0.122. The van der Waals surface area contributed by atoms with Crippen molar-refractivity contribution < 1.29 is 4.74 Å². The Labute approximate surface area is 158 Å². The molecule has 0 atom stereocenters. The highest BCUT2D eigenvalue weighted by Gasteiger charge is 2.28. The molecule has 140 valence electrons. The topological polar surface area (TPSA) is 48.6 Å². The fourth-order valence-electron chi connectivity index (χ4n) is 4.17. The highest BCUT2D eigenvalue weighted by Crippen LogP contribution is 2.33. The summed E-state index contributed by atoms with van der Waals surface area (Å²) in [5, 5.41) is 1.97. The minimum Gasteiger partial charge on any atom is -0.489 e. The molecule has 6 heteroatoms. The molecule has 0 spiro atoms. The van der Waals surface area contributed by atoms with E-state index in [0.29, 0.717) is 22.2 Å². The molecule has 1 saturated heterocycles. The smallest absolute Gasteiger partial charge is 0.255 e. The van der Waals surface area contributed by atoms with Crippen molar-refractivity contribution in [3.63, 3.8) is 0 Å². The van der Waals surface area contributed by atoms with E-state index in [9.17, 15) is 4.79 Å². The molecule has 1 aliphatic heterocycles. The van der Waals surface area contributed by atoms with Crippen molar-refractivity contribution in [2.75, 3.05) is 33.2 Å². The molecule has 2 aliphatic rings. The van der Waals surface area contributed by atoms with Crippen molar-refractivity contribution >= 4 is 22.4 Å². The largest absolute Gasteiger partial charge is 0.489 e. The number of nitrogens with one attached hydrogen (secondary N) is 1. The summed E-state index contributed by atoms with van der Waals surface area (Å²) in [5.74, 6) is 0.688. The molecule has 4 rings (SSSR count). The van der Waals surface area contributed by atoms with Gasteiger partial charge in [0.15, 0.2) is 0 Å². The van der Waals surface area contributed by atoms with Crippen LogP contribution in [0.15, 0.2) is 29.2 Å². The maximum absolute atomic E-state index is 11.9. The van der Waals surface area contributed by atoms with Crippen molar-refractivity contribution in [1.82, 2.24) is 14.8 Å². The Morgan fingerprint density at radius 3 is 2.58 bits per heavy atom. The first-order valence-corrected chi connectivity index (χ1v) is 9.88. The number of hydrogen-bond donors (Lipinski definition) is 1. The van der Waals surface area contributed by atoms with Crippen LogP contribution in [-0.2, 0) is 0 Å². The van der Waals surface area contributed by atoms with Crippen LogP contribution in [0, 0.1) is 0 Å². The number of pyridine rings is 1. The molecule has 1 aliphatic carbocycles. The van der Waals surface area contributed by atoms with Crippen molar-refractivity contribution in [2.24, 2.45) is 0 Å². The molecule has 26 heavy (non-hydrogen) atoms. The second kappa shape index (κ2) is 7.59. The summed E-state index contributed by atoms with van der Waals surface area (Å²) < 4.78 is 6.22. The molecule has 1 N–H and O–H groups in total. The number of halogens is 1. The van der Waals surface area contributed by atoms with Crippen LogP contribution in [-0.4, -0.2) is 60.2 Å². The van der Waals surface area contributed by atoms with Gasteiger partial charge in [0, 0.05) is 43.8 Å². The molecular weight excluding hydrogens is 350 g/mol. The third-order valence-electron chi connectivity index (χ3n) is 5.82. The summed E-state index contributed by atoms with van der Waals surface area (Å²) >= 11 is 6.37. The molecule has 2 aromatic rings. The van der Waals surface area contributed by atoms with Gasteiger partial charge in [0.1, 0.15) is 5.75 Å². The third-order valence-corrected chi connectivity index (χ3v) is 6.11. The van der Waals surface area contributed by atoms with Gasteiger partial charge in [0.2, 0.25) is 0 Å². The second-order valence-electron chi connectivity index (χ2n) is 7.56. The Bertz CT molecular complexity index is 821. The van der Waals surface area contributed by atoms with E-state index in [2.05, 4.69) is 21.8 Å². The van der Waals surface area contributed by atoms with E-state index in [0.717, 1.165) is 18.2 Å². The quantitative estimate of drug-likeness (QED) is 0.895. The number of fused-ring (bicyclic) bond motifs is 1. The average molecular weight is 376 g/mol. The third kappa shape index (κ3) is 3.75. The van der Waals surface area contributed by atoms with Gasteiger partial charge in [0.25, 0.3) is 5.56 Å². The van der Waals surface area contributed by atoms with Gasteiger partial charge in [-0.2, -0.15) is 0 Å². The van der Waals surface area contributed by atoms with Crippen molar-refractivity contribution in [3.8, 4) is 5.75 Å². The molecule has 0 radical (unpaired) electrons. The predicted molar refractivity (Wildman–Crippen MR) is 105 cm³/mol. The molecule has 0 amide bonds. The summed E-state index contributed by atoms with van der Waals surface area (Å²) in [5.41, 5.74) is -0.122. The van der Waals surface area contributed by atoms with Gasteiger partial charge in [-0.3, -0.25) is 9.69 Å². The summed E-state index contributed by atoms with van der Waals surface area (Å²) in [6.07, 6.45) is 6.33. The number of ether oxygens (including phenoxy) is 1. The fraction of sp³-hybridized carbons (Fsp3) is 0.550. The molecule has 1 aromatic carbocycles. The first-order chi connectivity index (χ1) is 12.6. The number of H-pyrrole nitrogens is 1. The number of nitrogens with zero attached hydrogens (tertiary/aromatic N) is 2. The Balaban J connectivity index is 1.39. The molecule has 0 bridgehead atoms. The lowest BCUT2D eigenvalue weighted by Gasteiger charge is -2.41. The standard InChI is InChI=1S/C20H26ClN3O2/c1-23-8-10-24(11-9-23)15-2-4-16(5-3-15)26-19-12-14-6-7-22-20(25)17(14)13-18(19)21/h6-7,12-13,15-16H,2-5,8-11H2,1H3,(H,22,25)/t15-,16+. The van der Waals surface area contributed by atoms with Crippen LogP contribution in [0.25, 0.3) is 10.8 Å². The molecule has 0 unspecified atom stereocenters. The van der Waals surface area contributed by atoms with E-state index in [1.807, 2.05) is 12.1 Å². The highest BCUT2D eigenvalue weighted by atomic mass is 35.5. The van der Waals surface area contributed by atoms with E-state index >= 15 is 0 Å². The minimum absolute atomic E-state index is 0.122.